The van der Waals surface area contributed by atoms with Gasteiger partial charge in [-0.1, -0.05) is 33.6 Å². The molecule has 0 amide bonds. The van der Waals surface area contributed by atoms with E-state index in [4.69, 9.17) is 9.47 Å². The maximum Gasteiger partial charge on any atom is 0.101 e. The summed E-state index contributed by atoms with van der Waals surface area (Å²) in [6.45, 7) is 10.6. The number of hydrogen-bond acceptors (Lipinski definition) is 3. The van der Waals surface area contributed by atoms with Crippen molar-refractivity contribution >= 4 is 0 Å². The van der Waals surface area contributed by atoms with Crippen molar-refractivity contribution in [1.29, 1.82) is 0 Å². The van der Waals surface area contributed by atoms with Crippen molar-refractivity contribution in [2.75, 3.05) is 33.2 Å². The number of hydrogen-bond donors (Lipinski definition) is 0. The highest BCUT2D eigenvalue weighted by Gasteiger charge is 2.01. The molecular formula is C12H27NO2. The Bertz CT molecular complexity index is 108. The molecule has 0 rings (SSSR count). The maximum atomic E-state index is 5.53. The monoisotopic (exact) mass is 217 g/mol. The van der Waals surface area contributed by atoms with E-state index in [-0.39, 0.29) is 0 Å². The van der Waals surface area contributed by atoms with Crippen LogP contribution in [-0.4, -0.2) is 38.1 Å². The number of rotatable bonds is 11. The molecule has 0 heterocycles. The van der Waals surface area contributed by atoms with Gasteiger partial charge in [0.05, 0.1) is 0 Å². The van der Waals surface area contributed by atoms with E-state index in [1.54, 1.807) is 0 Å². The molecule has 3 heteroatoms. The lowest BCUT2D eigenvalue weighted by atomic mass is 10.4. The largest absolute Gasteiger partial charge is 0.366 e. The molecule has 0 aliphatic carbocycles. The van der Waals surface area contributed by atoms with E-state index in [2.05, 4.69) is 25.7 Å². The second kappa shape index (κ2) is 12.0. The smallest absolute Gasteiger partial charge is 0.101 e. The van der Waals surface area contributed by atoms with Gasteiger partial charge < -0.3 is 9.47 Å². The molecule has 0 radical (unpaired) electrons. The quantitative estimate of drug-likeness (QED) is 0.392. The van der Waals surface area contributed by atoms with Crippen LogP contribution in [0.25, 0.3) is 0 Å². The molecule has 0 aliphatic rings. The highest BCUT2D eigenvalue weighted by molar-refractivity contribution is 4.42. The first-order valence-electron chi connectivity index (χ1n) is 6.22. The van der Waals surface area contributed by atoms with Crippen LogP contribution in [-0.2, 0) is 9.47 Å². The SMILES string of the molecule is CCCCOCN(CC)COCCCC. The van der Waals surface area contributed by atoms with Gasteiger partial charge in [-0.05, 0) is 19.4 Å². The van der Waals surface area contributed by atoms with Gasteiger partial charge in [0.15, 0.2) is 0 Å². The topological polar surface area (TPSA) is 21.7 Å². The Balaban J connectivity index is 3.29. The Hall–Kier alpha value is -0.120. The van der Waals surface area contributed by atoms with Gasteiger partial charge in [-0.15, -0.1) is 0 Å². The van der Waals surface area contributed by atoms with Crippen LogP contribution < -0.4 is 0 Å². The fourth-order valence-electron chi connectivity index (χ4n) is 1.10. The van der Waals surface area contributed by atoms with Gasteiger partial charge in [0.2, 0.25) is 0 Å². The highest BCUT2D eigenvalue weighted by atomic mass is 16.5. The van der Waals surface area contributed by atoms with Gasteiger partial charge in [-0.3, -0.25) is 4.90 Å². The first-order chi connectivity index (χ1) is 7.35. The summed E-state index contributed by atoms with van der Waals surface area (Å²) in [6, 6.07) is 0. The molecule has 0 atom stereocenters. The minimum atomic E-state index is 0.697. The van der Waals surface area contributed by atoms with E-state index in [1.165, 1.54) is 12.8 Å². The minimum Gasteiger partial charge on any atom is -0.366 e. The third-order valence-electron chi connectivity index (χ3n) is 2.28. The van der Waals surface area contributed by atoms with Crippen LogP contribution in [0.4, 0.5) is 0 Å². The van der Waals surface area contributed by atoms with Crippen molar-refractivity contribution in [3.05, 3.63) is 0 Å². The van der Waals surface area contributed by atoms with Crippen molar-refractivity contribution in [1.82, 2.24) is 4.90 Å². The van der Waals surface area contributed by atoms with E-state index in [0.29, 0.717) is 13.5 Å². The van der Waals surface area contributed by atoms with E-state index in [1.807, 2.05) is 0 Å². The average molecular weight is 217 g/mol. The number of unbranched alkanes of at least 4 members (excludes halogenated alkanes) is 2. The zero-order valence-electron chi connectivity index (χ0n) is 10.6. The molecule has 0 spiro atoms. The molecular weight excluding hydrogens is 190 g/mol. The lowest BCUT2D eigenvalue weighted by Crippen LogP contribution is -2.29. The third-order valence-corrected chi connectivity index (χ3v) is 2.28. The minimum absolute atomic E-state index is 0.697. The first kappa shape index (κ1) is 14.9. The number of ether oxygens (including phenoxy) is 2. The van der Waals surface area contributed by atoms with E-state index in [9.17, 15) is 0 Å². The van der Waals surface area contributed by atoms with Crippen molar-refractivity contribution in [3.8, 4) is 0 Å². The van der Waals surface area contributed by atoms with Gasteiger partial charge in [0.1, 0.15) is 13.5 Å². The summed E-state index contributed by atoms with van der Waals surface area (Å²) in [5.74, 6) is 0. The molecule has 92 valence electrons. The molecule has 0 fully saturated rings. The maximum absolute atomic E-state index is 5.53. The van der Waals surface area contributed by atoms with E-state index >= 15 is 0 Å². The zero-order chi connectivity index (χ0) is 11.4. The lowest BCUT2D eigenvalue weighted by molar-refractivity contribution is -0.0430. The van der Waals surface area contributed by atoms with Crippen LogP contribution in [0.5, 0.6) is 0 Å². The second-order valence-electron chi connectivity index (χ2n) is 3.77. The Morgan fingerprint density at radius 3 is 1.60 bits per heavy atom. The molecule has 0 aromatic carbocycles. The molecule has 0 aromatic heterocycles. The van der Waals surface area contributed by atoms with Crippen LogP contribution >= 0.6 is 0 Å². The Morgan fingerprint density at radius 2 is 1.27 bits per heavy atom. The lowest BCUT2D eigenvalue weighted by Gasteiger charge is -2.20. The summed E-state index contributed by atoms with van der Waals surface area (Å²) in [4.78, 5) is 2.17. The normalized spacial score (nSPS) is 11.2. The standard InChI is InChI=1S/C12H27NO2/c1-4-7-9-14-11-13(6-3)12-15-10-8-5-2/h4-12H2,1-3H3. The molecule has 0 saturated heterocycles. The molecule has 0 aliphatic heterocycles. The number of nitrogens with zero attached hydrogens (tertiary/aromatic N) is 1. The summed E-state index contributed by atoms with van der Waals surface area (Å²) in [5.41, 5.74) is 0. The predicted octanol–water partition coefficient (Wildman–Crippen LogP) is 2.86. The molecule has 0 bridgehead atoms. The van der Waals surface area contributed by atoms with Gasteiger partial charge in [0, 0.05) is 13.2 Å². The Morgan fingerprint density at radius 1 is 0.800 bits per heavy atom. The molecule has 3 nitrogen and oxygen atoms in total. The van der Waals surface area contributed by atoms with Crippen molar-refractivity contribution in [3.63, 3.8) is 0 Å². The van der Waals surface area contributed by atoms with Crippen molar-refractivity contribution < 1.29 is 9.47 Å². The summed E-state index contributed by atoms with van der Waals surface area (Å²) < 4.78 is 11.1. The van der Waals surface area contributed by atoms with Crippen molar-refractivity contribution in [2.24, 2.45) is 0 Å². The zero-order valence-corrected chi connectivity index (χ0v) is 10.6. The fourth-order valence-corrected chi connectivity index (χ4v) is 1.10. The summed E-state index contributed by atoms with van der Waals surface area (Å²) in [5, 5.41) is 0. The summed E-state index contributed by atoms with van der Waals surface area (Å²) in [7, 11) is 0. The van der Waals surface area contributed by atoms with Crippen LogP contribution in [0.2, 0.25) is 0 Å². The van der Waals surface area contributed by atoms with E-state index < -0.39 is 0 Å². The average Bonchev–Trinajstić information content (AvgIpc) is 2.27. The molecule has 0 saturated carbocycles. The fraction of sp³-hybridized carbons (Fsp3) is 1.00. The third kappa shape index (κ3) is 10.2. The van der Waals surface area contributed by atoms with Crippen LogP contribution in [0.15, 0.2) is 0 Å². The van der Waals surface area contributed by atoms with Gasteiger partial charge in [-0.2, -0.15) is 0 Å². The molecule has 0 N–H and O–H groups in total. The Labute approximate surface area is 94.7 Å². The summed E-state index contributed by atoms with van der Waals surface area (Å²) in [6.07, 6.45) is 4.68. The first-order valence-corrected chi connectivity index (χ1v) is 6.22. The van der Waals surface area contributed by atoms with Crippen molar-refractivity contribution in [2.45, 2.75) is 46.5 Å². The Kier molecular flexibility index (Phi) is 11.9. The second-order valence-corrected chi connectivity index (χ2v) is 3.77. The molecule has 15 heavy (non-hydrogen) atoms. The van der Waals surface area contributed by atoms with E-state index in [0.717, 1.165) is 32.6 Å². The highest BCUT2D eigenvalue weighted by Crippen LogP contribution is 1.95. The van der Waals surface area contributed by atoms with Crippen LogP contribution in [0.1, 0.15) is 46.5 Å². The van der Waals surface area contributed by atoms with Crippen LogP contribution in [0.3, 0.4) is 0 Å². The van der Waals surface area contributed by atoms with Crippen LogP contribution in [0, 0.1) is 0 Å². The summed E-state index contributed by atoms with van der Waals surface area (Å²) >= 11 is 0. The predicted molar refractivity (Wildman–Crippen MR) is 63.8 cm³/mol. The van der Waals surface area contributed by atoms with Gasteiger partial charge in [-0.25, -0.2) is 0 Å². The molecule has 0 unspecified atom stereocenters. The van der Waals surface area contributed by atoms with Gasteiger partial charge in [0.25, 0.3) is 0 Å². The van der Waals surface area contributed by atoms with Gasteiger partial charge >= 0.3 is 0 Å². The molecule has 0 aromatic rings.